The van der Waals surface area contributed by atoms with Gasteiger partial charge in [0.2, 0.25) is 0 Å². The van der Waals surface area contributed by atoms with E-state index in [0.717, 1.165) is 16.0 Å². The van der Waals surface area contributed by atoms with Crippen LogP contribution in [0.2, 0.25) is 0 Å². The molecule has 1 unspecified atom stereocenters. The fourth-order valence-corrected chi connectivity index (χ4v) is 3.22. The summed E-state index contributed by atoms with van der Waals surface area (Å²) in [6.07, 6.45) is 0. The van der Waals surface area contributed by atoms with Gasteiger partial charge in [0.15, 0.2) is 0 Å². The molecule has 2 heteroatoms. The molecular weight excluding hydrogens is 239 g/mol. The van der Waals surface area contributed by atoms with Crippen LogP contribution in [0.4, 0.5) is 0 Å². The number of fused-ring (bicyclic) bond motifs is 1. The van der Waals surface area contributed by atoms with Gasteiger partial charge in [-0.25, -0.2) is 0 Å². The van der Waals surface area contributed by atoms with Gasteiger partial charge in [-0.2, -0.15) is 0 Å². The molecule has 0 aromatic heterocycles. The molecule has 0 N–H and O–H groups in total. The molecular formula is C16H12OP. The third-order valence-electron chi connectivity index (χ3n) is 2.96. The summed E-state index contributed by atoms with van der Waals surface area (Å²) < 4.78 is 12.4. The first kappa shape index (κ1) is 11.1. The molecule has 87 valence electrons. The molecule has 0 saturated carbocycles. The number of benzene rings is 3. The van der Waals surface area contributed by atoms with Crippen molar-refractivity contribution in [3.8, 4) is 0 Å². The molecule has 0 bridgehead atoms. The zero-order chi connectivity index (χ0) is 12.4. The van der Waals surface area contributed by atoms with Gasteiger partial charge in [0.1, 0.15) is 7.80 Å². The number of hydrogen-bond acceptors (Lipinski definition) is 1. The lowest BCUT2D eigenvalue weighted by atomic mass is 10.1. The minimum Gasteiger partial charge on any atom is -0.277 e. The van der Waals surface area contributed by atoms with Gasteiger partial charge in [-0.15, -0.1) is 0 Å². The first-order valence-corrected chi connectivity index (χ1v) is 7.12. The minimum atomic E-state index is -1.49. The Balaban J connectivity index is 2.07. The molecule has 0 amide bonds. The fourth-order valence-electron chi connectivity index (χ4n) is 2.02. The van der Waals surface area contributed by atoms with Crippen molar-refractivity contribution < 1.29 is 4.57 Å². The summed E-state index contributed by atoms with van der Waals surface area (Å²) in [7, 11) is -1.49. The van der Waals surface area contributed by atoms with Crippen LogP contribution in [0.1, 0.15) is 0 Å². The standard InChI is InChI=1S/C16H12OP/c17-18(15-8-2-1-3-9-15)16-11-10-13-6-4-5-7-14(13)12-16/h1-12H. The van der Waals surface area contributed by atoms with Crippen molar-refractivity contribution in [2.75, 3.05) is 0 Å². The van der Waals surface area contributed by atoms with Crippen LogP contribution in [0.5, 0.6) is 0 Å². The summed E-state index contributed by atoms with van der Waals surface area (Å²) in [5.74, 6) is 0. The molecule has 0 fully saturated rings. The van der Waals surface area contributed by atoms with Gasteiger partial charge in [-0.3, -0.25) is 4.57 Å². The van der Waals surface area contributed by atoms with Gasteiger partial charge in [0, 0.05) is 10.6 Å². The van der Waals surface area contributed by atoms with Crippen LogP contribution < -0.4 is 10.6 Å². The van der Waals surface area contributed by atoms with Gasteiger partial charge in [0.05, 0.1) is 0 Å². The third kappa shape index (κ3) is 2.05. The number of rotatable bonds is 2. The fraction of sp³-hybridized carbons (Fsp3) is 0. The molecule has 18 heavy (non-hydrogen) atoms. The molecule has 0 heterocycles. The molecule has 3 aromatic rings. The zero-order valence-electron chi connectivity index (χ0n) is 9.78. The first-order valence-electron chi connectivity index (χ1n) is 5.86. The minimum absolute atomic E-state index is 0.878. The average molecular weight is 251 g/mol. The van der Waals surface area contributed by atoms with Crippen molar-refractivity contribution in [1.82, 2.24) is 0 Å². The third-order valence-corrected chi connectivity index (χ3v) is 4.47. The van der Waals surface area contributed by atoms with Crippen LogP contribution in [0.25, 0.3) is 10.8 Å². The SMILES string of the molecule is O=[P](c1ccccc1)c1ccc2ccccc2c1. The van der Waals surface area contributed by atoms with Crippen LogP contribution >= 0.6 is 7.80 Å². The molecule has 3 aromatic carbocycles. The molecule has 0 saturated heterocycles. The summed E-state index contributed by atoms with van der Waals surface area (Å²) in [4.78, 5) is 0. The molecule has 1 atom stereocenters. The second kappa shape index (κ2) is 4.72. The van der Waals surface area contributed by atoms with Crippen LogP contribution in [-0.2, 0) is 4.57 Å². The maximum absolute atomic E-state index is 12.4. The maximum atomic E-state index is 12.4. The van der Waals surface area contributed by atoms with Crippen molar-refractivity contribution >= 4 is 29.2 Å². The maximum Gasteiger partial charge on any atom is 0.136 e. The van der Waals surface area contributed by atoms with E-state index in [9.17, 15) is 4.57 Å². The van der Waals surface area contributed by atoms with E-state index in [1.807, 2.05) is 66.7 Å². The Morgan fingerprint density at radius 3 is 2.06 bits per heavy atom. The Bertz CT molecular complexity index is 704. The zero-order valence-corrected chi connectivity index (χ0v) is 10.7. The second-order valence-electron chi connectivity index (χ2n) is 4.16. The highest BCUT2D eigenvalue weighted by molar-refractivity contribution is 7.61. The Kier molecular flexibility index (Phi) is 2.92. The highest BCUT2D eigenvalue weighted by Gasteiger charge is 2.07. The van der Waals surface area contributed by atoms with Crippen molar-refractivity contribution in [2.45, 2.75) is 0 Å². The monoisotopic (exact) mass is 251 g/mol. The molecule has 0 aliphatic rings. The summed E-state index contributed by atoms with van der Waals surface area (Å²) in [5, 5.41) is 4.07. The first-order chi connectivity index (χ1) is 8.84. The van der Waals surface area contributed by atoms with E-state index in [1.165, 1.54) is 5.39 Å². The molecule has 1 radical (unpaired) electrons. The summed E-state index contributed by atoms with van der Waals surface area (Å²) in [5.41, 5.74) is 0. The Hall–Kier alpha value is -1.98. The summed E-state index contributed by atoms with van der Waals surface area (Å²) in [6.45, 7) is 0. The molecule has 3 rings (SSSR count). The molecule has 0 spiro atoms. The van der Waals surface area contributed by atoms with Gasteiger partial charge in [-0.1, -0.05) is 48.5 Å². The van der Waals surface area contributed by atoms with Gasteiger partial charge in [-0.05, 0) is 35.0 Å². The molecule has 0 aliphatic heterocycles. The lowest BCUT2D eigenvalue weighted by Gasteiger charge is -2.03. The van der Waals surface area contributed by atoms with E-state index < -0.39 is 7.80 Å². The Morgan fingerprint density at radius 2 is 1.28 bits per heavy atom. The van der Waals surface area contributed by atoms with Crippen molar-refractivity contribution in [3.63, 3.8) is 0 Å². The van der Waals surface area contributed by atoms with Crippen molar-refractivity contribution in [1.29, 1.82) is 0 Å². The van der Waals surface area contributed by atoms with Crippen LogP contribution in [-0.4, -0.2) is 0 Å². The van der Waals surface area contributed by atoms with E-state index in [2.05, 4.69) is 6.07 Å². The predicted molar refractivity (Wildman–Crippen MR) is 77.3 cm³/mol. The lowest BCUT2D eigenvalue weighted by molar-refractivity contribution is 0.598. The number of hydrogen-bond donors (Lipinski definition) is 0. The van der Waals surface area contributed by atoms with E-state index in [-0.39, 0.29) is 0 Å². The average Bonchev–Trinajstić information content (AvgIpc) is 2.47. The predicted octanol–water partition coefficient (Wildman–Crippen LogP) is 3.62. The van der Waals surface area contributed by atoms with Crippen molar-refractivity contribution in [3.05, 3.63) is 72.8 Å². The summed E-state index contributed by atoms with van der Waals surface area (Å²) >= 11 is 0. The van der Waals surface area contributed by atoms with Crippen LogP contribution in [0.15, 0.2) is 72.8 Å². The normalized spacial score (nSPS) is 11.4. The van der Waals surface area contributed by atoms with Gasteiger partial charge < -0.3 is 0 Å². The van der Waals surface area contributed by atoms with E-state index in [1.54, 1.807) is 0 Å². The topological polar surface area (TPSA) is 17.1 Å². The quantitative estimate of drug-likeness (QED) is 0.636. The lowest BCUT2D eigenvalue weighted by Crippen LogP contribution is -2.05. The van der Waals surface area contributed by atoms with Crippen molar-refractivity contribution in [2.24, 2.45) is 0 Å². The highest BCUT2D eigenvalue weighted by atomic mass is 31.1. The Labute approximate surface area is 107 Å². The molecule has 0 aliphatic carbocycles. The van der Waals surface area contributed by atoms with Gasteiger partial charge >= 0.3 is 0 Å². The summed E-state index contributed by atoms with van der Waals surface area (Å²) in [6, 6.07) is 23.7. The van der Waals surface area contributed by atoms with Crippen LogP contribution in [0.3, 0.4) is 0 Å². The highest BCUT2D eigenvalue weighted by Crippen LogP contribution is 2.22. The van der Waals surface area contributed by atoms with Crippen LogP contribution in [0, 0.1) is 0 Å². The van der Waals surface area contributed by atoms with E-state index in [4.69, 9.17) is 0 Å². The smallest absolute Gasteiger partial charge is 0.136 e. The largest absolute Gasteiger partial charge is 0.277 e. The van der Waals surface area contributed by atoms with Gasteiger partial charge in [0.25, 0.3) is 0 Å². The second-order valence-corrected chi connectivity index (χ2v) is 5.78. The van der Waals surface area contributed by atoms with E-state index >= 15 is 0 Å². The molecule has 1 nitrogen and oxygen atoms in total. The van der Waals surface area contributed by atoms with E-state index in [0.29, 0.717) is 0 Å². The Morgan fingerprint density at radius 1 is 0.611 bits per heavy atom.